The van der Waals surface area contributed by atoms with Crippen LogP contribution in [0.25, 0.3) is 0 Å². The van der Waals surface area contributed by atoms with Gasteiger partial charge in [0.1, 0.15) is 0 Å². The van der Waals surface area contributed by atoms with Crippen molar-refractivity contribution in [3.63, 3.8) is 0 Å². The van der Waals surface area contributed by atoms with Crippen molar-refractivity contribution in [1.82, 2.24) is 14.8 Å². The normalized spacial score (nSPS) is 17.2. The van der Waals surface area contributed by atoms with Crippen LogP contribution < -0.4 is 0 Å². The van der Waals surface area contributed by atoms with Crippen molar-refractivity contribution in [2.45, 2.75) is 13.8 Å². The summed E-state index contributed by atoms with van der Waals surface area (Å²) in [5.74, 6) is 0.790. The molecule has 0 spiro atoms. The number of nitrogens with zero attached hydrogens (tertiary/aromatic N) is 3. The summed E-state index contributed by atoms with van der Waals surface area (Å²) in [6, 6.07) is 3.64. The van der Waals surface area contributed by atoms with Crippen LogP contribution in [0.2, 0.25) is 0 Å². The third-order valence-electron chi connectivity index (χ3n) is 3.19. The number of amides is 1. The molecule has 98 valence electrons. The van der Waals surface area contributed by atoms with Crippen molar-refractivity contribution in [2.75, 3.05) is 32.7 Å². The Morgan fingerprint density at radius 3 is 2.61 bits per heavy atom. The minimum Gasteiger partial charge on any atom is -0.336 e. The Hall–Kier alpha value is -1.42. The minimum absolute atomic E-state index is 0.104. The highest BCUT2D eigenvalue weighted by Gasteiger charge is 2.22. The topological polar surface area (TPSA) is 36.4 Å². The molecule has 2 heterocycles. The lowest BCUT2D eigenvalue weighted by Crippen LogP contribution is -2.49. The van der Waals surface area contributed by atoms with Crippen LogP contribution in [0, 0.1) is 5.92 Å². The molecule has 2 rings (SSSR count). The van der Waals surface area contributed by atoms with E-state index in [1.54, 1.807) is 12.4 Å². The van der Waals surface area contributed by atoms with E-state index in [1.165, 1.54) is 0 Å². The lowest BCUT2D eigenvalue weighted by atomic mass is 10.2. The van der Waals surface area contributed by atoms with E-state index in [-0.39, 0.29) is 5.91 Å². The summed E-state index contributed by atoms with van der Waals surface area (Å²) in [7, 11) is 0. The SMILES string of the molecule is CC(C)CN1CCN(C(=O)c2cccnc2)CC1. The van der Waals surface area contributed by atoms with E-state index < -0.39 is 0 Å². The lowest BCUT2D eigenvalue weighted by molar-refractivity contribution is 0.0623. The standard InChI is InChI=1S/C14H21N3O/c1-12(2)11-16-6-8-17(9-7-16)14(18)13-4-3-5-15-10-13/h3-5,10,12H,6-9,11H2,1-2H3. The highest BCUT2D eigenvalue weighted by molar-refractivity contribution is 5.93. The minimum atomic E-state index is 0.104. The molecule has 4 nitrogen and oxygen atoms in total. The van der Waals surface area contributed by atoms with Gasteiger partial charge < -0.3 is 4.90 Å². The van der Waals surface area contributed by atoms with E-state index >= 15 is 0 Å². The van der Waals surface area contributed by atoms with Crippen molar-refractivity contribution >= 4 is 5.91 Å². The maximum atomic E-state index is 12.2. The Bertz CT molecular complexity index is 383. The van der Waals surface area contributed by atoms with Crippen molar-refractivity contribution in [3.05, 3.63) is 30.1 Å². The van der Waals surface area contributed by atoms with Crippen LogP contribution in [0.5, 0.6) is 0 Å². The van der Waals surface area contributed by atoms with Gasteiger partial charge in [-0.25, -0.2) is 0 Å². The largest absolute Gasteiger partial charge is 0.336 e. The Labute approximate surface area is 109 Å². The van der Waals surface area contributed by atoms with Gasteiger partial charge in [-0.2, -0.15) is 0 Å². The van der Waals surface area contributed by atoms with Gasteiger partial charge in [0.05, 0.1) is 5.56 Å². The fourth-order valence-corrected chi connectivity index (χ4v) is 2.32. The molecule has 1 saturated heterocycles. The molecule has 0 aliphatic carbocycles. The first-order valence-corrected chi connectivity index (χ1v) is 6.58. The van der Waals surface area contributed by atoms with Crippen LogP contribution in [0.3, 0.4) is 0 Å². The van der Waals surface area contributed by atoms with Gasteiger partial charge in [-0.1, -0.05) is 13.8 Å². The number of carbonyl (C=O) groups excluding carboxylic acids is 1. The van der Waals surface area contributed by atoms with E-state index in [0.29, 0.717) is 11.5 Å². The van der Waals surface area contributed by atoms with E-state index in [9.17, 15) is 4.79 Å². The Morgan fingerprint density at radius 2 is 2.06 bits per heavy atom. The Morgan fingerprint density at radius 1 is 1.33 bits per heavy atom. The zero-order valence-corrected chi connectivity index (χ0v) is 11.2. The van der Waals surface area contributed by atoms with Crippen LogP contribution >= 0.6 is 0 Å². The van der Waals surface area contributed by atoms with Crippen LogP contribution in [0.15, 0.2) is 24.5 Å². The molecule has 18 heavy (non-hydrogen) atoms. The number of aromatic nitrogens is 1. The molecule has 0 saturated carbocycles. The van der Waals surface area contributed by atoms with Gasteiger partial charge in [0.2, 0.25) is 0 Å². The van der Waals surface area contributed by atoms with Crippen molar-refractivity contribution in [2.24, 2.45) is 5.92 Å². The summed E-state index contributed by atoms with van der Waals surface area (Å²) in [6.45, 7) is 9.17. The van der Waals surface area contributed by atoms with Crippen molar-refractivity contribution in [1.29, 1.82) is 0 Å². The fourth-order valence-electron chi connectivity index (χ4n) is 2.32. The molecule has 0 atom stereocenters. The van der Waals surface area contributed by atoms with E-state index in [1.807, 2.05) is 17.0 Å². The average Bonchev–Trinajstić information content (AvgIpc) is 2.39. The molecule has 1 fully saturated rings. The van der Waals surface area contributed by atoms with E-state index in [0.717, 1.165) is 32.7 Å². The zero-order chi connectivity index (χ0) is 13.0. The molecule has 0 N–H and O–H groups in total. The molecule has 1 aromatic heterocycles. The zero-order valence-electron chi connectivity index (χ0n) is 11.2. The van der Waals surface area contributed by atoms with Gasteiger partial charge in [0, 0.05) is 45.1 Å². The van der Waals surface area contributed by atoms with Gasteiger partial charge in [-0.15, -0.1) is 0 Å². The second-order valence-electron chi connectivity index (χ2n) is 5.23. The third kappa shape index (κ3) is 3.29. The molecule has 1 amide bonds. The third-order valence-corrected chi connectivity index (χ3v) is 3.19. The number of hydrogen-bond donors (Lipinski definition) is 0. The number of pyridine rings is 1. The molecule has 0 radical (unpaired) electrons. The molecule has 1 aliphatic rings. The summed E-state index contributed by atoms with van der Waals surface area (Å²) in [6.07, 6.45) is 3.33. The number of piperazine rings is 1. The summed E-state index contributed by atoms with van der Waals surface area (Å²) >= 11 is 0. The van der Waals surface area contributed by atoms with Crippen molar-refractivity contribution in [3.8, 4) is 0 Å². The number of carbonyl (C=O) groups is 1. The van der Waals surface area contributed by atoms with Crippen LogP contribution in [0.1, 0.15) is 24.2 Å². The second-order valence-corrected chi connectivity index (χ2v) is 5.23. The molecule has 1 aromatic rings. The predicted octanol–water partition coefficient (Wildman–Crippen LogP) is 1.50. The van der Waals surface area contributed by atoms with Crippen LogP contribution in [0.4, 0.5) is 0 Å². The quantitative estimate of drug-likeness (QED) is 0.812. The number of rotatable bonds is 3. The summed E-state index contributed by atoms with van der Waals surface area (Å²) in [5.41, 5.74) is 0.690. The smallest absolute Gasteiger partial charge is 0.255 e. The molecule has 0 bridgehead atoms. The van der Waals surface area contributed by atoms with Gasteiger partial charge in [-0.3, -0.25) is 14.7 Å². The first-order valence-electron chi connectivity index (χ1n) is 6.58. The first kappa shape index (κ1) is 13.0. The van der Waals surface area contributed by atoms with E-state index in [2.05, 4.69) is 23.7 Å². The van der Waals surface area contributed by atoms with Gasteiger partial charge in [0.25, 0.3) is 5.91 Å². The second kappa shape index (κ2) is 5.96. The van der Waals surface area contributed by atoms with E-state index in [4.69, 9.17) is 0 Å². The monoisotopic (exact) mass is 247 g/mol. The predicted molar refractivity (Wildman–Crippen MR) is 71.4 cm³/mol. The van der Waals surface area contributed by atoms with Gasteiger partial charge in [0.15, 0.2) is 0 Å². The number of hydrogen-bond acceptors (Lipinski definition) is 3. The summed E-state index contributed by atoms with van der Waals surface area (Å²) < 4.78 is 0. The molecule has 0 aromatic carbocycles. The summed E-state index contributed by atoms with van der Waals surface area (Å²) in [5, 5.41) is 0. The van der Waals surface area contributed by atoms with Gasteiger partial charge in [-0.05, 0) is 18.1 Å². The van der Waals surface area contributed by atoms with Crippen LogP contribution in [-0.4, -0.2) is 53.4 Å². The van der Waals surface area contributed by atoms with Gasteiger partial charge >= 0.3 is 0 Å². The molecule has 0 unspecified atom stereocenters. The lowest BCUT2D eigenvalue weighted by Gasteiger charge is -2.35. The first-order chi connectivity index (χ1) is 8.66. The van der Waals surface area contributed by atoms with Crippen molar-refractivity contribution < 1.29 is 4.79 Å². The molecule has 1 aliphatic heterocycles. The molecule has 4 heteroatoms. The Kier molecular flexibility index (Phi) is 4.31. The highest BCUT2D eigenvalue weighted by Crippen LogP contribution is 2.09. The average molecular weight is 247 g/mol. The maximum Gasteiger partial charge on any atom is 0.255 e. The Balaban J connectivity index is 1.88. The highest BCUT2D eigenvalue weighted by atomic mass is 16.2. The molecular weight excluding hydrogens is 226 g/mol. The van der Waals surface area contributed by atoms with Crippen LogP contribution in [-0.2, 0) is 0 Å². The fraction of sp³-hybridized carbons (Fsp3) is 0.571. The maximum absolute atomic E-state index is 12.2. The molecular formula is C14H21N3O. The summed E-state index contributed by atoms with van der Waals surface area (Å²) in [4.78, 5) is 20.5.